The maximum Gasteiger partial charge on any atom is 0.258 e. The summed E-state index contributed by atoms with van der Waals surface area (Å²) in [6.07, 6.45) is 7.80. The van der Waals surface area contributed by atoms with E-state index in [1.807, 2.05) is 27.9 Å². The minimum atomic E-state index is 0.0193. The van der Waals surface area contributed by atoms with Gasteiger partial charge in [-0.05, 0) is 30.7 Å². The van der Waals surface area contributed by atoms with Gasteiger partial charge in [-0.3, -0.25) is 9.59 Å². The van der Waals surface area contributed by atoms with Gasteiger partial charge in [0.15, 0.2) is 0 Å². The molecular formula is C18H20N4O2S. The summed E-state index contributed by atoms with van der Waals surface area (Å²) in [6, 6.07) is 3.91. The number of nitrogens with zero attached hydrogens (tertiary/aromatic N) is 4. The quantitative estimate of drug-likeness (QED) is 0.836. The molecule has 0 spiro atoms. The third-order valence-corrected chi connectivity index (χ3v) is 5.63. The van der Waals surface area contributed by atoms with Crippen molar-refractivity contribution in [1.82, 2.24) is 19.4 Å². The number of aromatic nitrogens is 3. The maximum atomic E-state index is 13.0. The Morgan fingerprint density at radius 2 is 2.04 bits per heavy atom. The van der Waals surface area contributed by atoms with Gasteiger partial charge in [-0.15, -0.1) is 0 Å². The zero-order chi connectivity index (χ0) is 17.4. The average Bonchev–Trinajstić information content (AvgIpc) is 2.63. The zero-order valence-electron chi connectivity index (χ0n) is 14.1. The number of likely N-dealkylation sites (tertiary alicyclic amines) is 1. The van der Waals surface area contributed by atoms with E-state index < -0.39 is 0 Å². The number of fused-ring (bicyclic) bond motifs is 4. The topological polar surface area (TPSA) is 68.1 Å². The highest BCUT2D eigenvalue weighted by Crippen LogP contribution is 2.35. The van der Waals surface area contributed by atoms with Crippen LogP contribution in [0.2, 0.25) is 0 Å². The van der Waals surface area contributed by atoms with E-state index >= 15 is 0 Å². The highest BCUT2D eigenvalue weighted by Gasteiger charge is 2.36. The predicted octanol–water partition coefficient (Wildman–Crippen LogP) is 1.61. The Labute approximate surface area is 150 Å². The van der Waals surface area contributed by atoms with Crippen LogP contribution >= 0.6 is 11.8 Å². The first-order valence-electron chi connectivity index (χ1n) is 8.43. The summed E-state index contributed by atoms with van der Waals surface area (Å²) in [6.45, 7) is 2.14. The Morgan fingerprint density at radius 3 is 2.80 bits per heavy atom. The molecule has 0 aliphatic carbocycles. The van der Waals surface area contributed by atoms with Gasteiger partial charge in [-0.2, -0.15) is 11.8 Å². The molecule has 0 radical (unpaired) electrons. The highest BCUT2D eigenvalue weighted by atomic mass is 32.2. The molecule has 0 N–H and O–H groups in total. The molecule has 0 aromatic carbocycles. The molecule has 2 atom stereocenters. The molecule has 4 heterocycles. The van der Waals surface area contributed by atoms with Gasteiger partial charge in [0.2, 0.25) is 5.91 Å². The van der Waals surface area contributed by atoms with Crippen molar-refractivity contribution in [3.8, 4) is 11.1 Å². The van der Waals surface area contributed by atoms with E-state index in [-0.39, 0.29) is 17.4 Å². The molecule has 1 fully saturated rings. The van der Waals surface area contributed by atoms with Crippen molar-refractivity contribution in [2.24, 2.45) is 5.92 Å². The van der Waals surface area contributed by atoms with E-state index in [9.17, 15) is 9.59 Å². The summed E-state index contributed by atoms with van der Waals surface area (Å²) >= 11 is 1.56. The molecule has 2 aliphatic rings. The smallest absolute Gasteiger partial charge is 0.258 e. The lowest BCUT2D eigenvalue weighted by Gasteiger charge is -2.43. The average molecular weight is 356 g/mol. The Balaban J connectivity index is 1.68. The standard InChI is InChI=1S/C18H20N4O2S/c1-25-10-17(23)21-7-12-4-13(9-21)16-3-2-15(18(24)22(16)8-12)14-5-19-11-20-6-14/h2-3,5-6,11-13H,4,7-10H2,1H3. The molecule has 0 saturated carbocycles. The second-order valence-electron chi connectivity index (χ2n) is 6.75. The number of piperidine rings is 1. The van der Waals surface area contributed by atoms with Gasteiger partial charge >= 0.3 is 0 Å². The van der Waals surface area contributed by atoms with Crippen LogP contribution in [-0.4, -0.2) is 50.4 Å². The maximum absolute atomic E-state index is 13.0. The van der Waals surface area contributed by atoms with Crippen LogP contribution in [0.5, 0.6) is 0 Å². The number of amides is 1. The number of rotatable bonds is 3. The molecule has 130 valence electrons. The van der Waals surface area contributed by atoms with E-state index in [4.69, 9.17) is 0 Å². The number of carbonyl (C=O) groups is 1. The van der Waals surface area contributed by atoms with Crippen molar-refractivity contribution in [2.75, 3.05) is 25.1 Å². The molecule has 2 unspecified atom stereocenters. The monoisotopic (exact) mass is 356 g/mol. The van der Waals surface area contributed by atoms with Crippen LogP contribution in [0.25, 0.3) is 11.1 Å². The fraction of sp³-hybridized carbons (Fsp3) is 0.444. The molecule has 6 nitrogen and oxygen atoms in total. The number of hydrogen-bond donors (Lipinski definition) is 0. The van der Waals surface area contributed by atoms with Crippen LogP contribution in [0.15, 0.2) is 35.6 Å². The molecule has 4 rings (SSSR count). The predicted molar refractivity (Wildman–Crippen MR) is 97.5 cm³/mol. The molecule has 2 aliphatic heterocycles. The first-order chi connectivity index (χ1) is 12.2. The minimum absolute atomic E-state index is 0.0193. The molecule has 2 aromatic rings. The minimum Gasteiger partial charge on any atom is -0.341 e. The molecule has 25 heavy (non-hydrogen) atoms. The molecule has 2 aromatic heterocycles. The van der Waals surface area contributed by atoms with E-state index in [0.717, 1.165) is 24.2 Å². The largest absolute Gasteiger partial charge is 0.341 e. The number of hydrogen-bond acceptors (Lipinski definition) is 5. The van der Waals surface area contributed by atoms with Gasteiger partial charge in [0.25, 0.3) is 5.56 Å². The lowest BCUT2D eigenvalue weighted by atomic mass is 9.83. The van der Waals surface area contributed by atoms with Crippen molar-refractivity contribution in [3.05, 3.63) is 46.9 Å². The van der Waals surface area contributed by atoms with E-state index in [1.54, 1.807) is 24.2 Å². The second kappa shape index (κ2) is 6.63. The number of thioether (sulfide) groups is 1. The lowest BCUT2D eigenvalue weighted by molar-refractivity contribution is -0.131. The Morgan fingerprint density at radius 1 is 1.24 bits per heavy atom. The van der Waals surface area contributed by atoms with Crippen molar-refractivity contribution in [2.45, 2.75) is 18.9 Å². The third kappa shape index (κ3) is 2.97. The Bertz CT molecular complexity index is 852. The summed E-state index contributed by atoms with van der Waals surface area (Å²) in [5, 5.41) is 0. The number of carbonyl (C=O) groups excluding carboxylic acids is 1. The van der Waals surface area contributed by atoms with Crippen molar-refractivity contribution < 1.29 is 4.79 Å². The molecule has 7 heteroatoms. The fourth-order valence-corrected chi connectivity index (χ4v) is 4.45. The van der Waals surface area contributed by atoms with Gasteiger partial charge in [0.1, 0.15) is 6.33 Å². The summed E-state index contributed by atoms with van der Waals surface area (Å²) in [5.74, 6) is 1.32. The summed E-state index contributed by atoms with van der Waals surface area (Å²) < 4.78 is 1.90. The van der Waals surface area contributed by atoms with Gasteiger partial charge < -0.3 is 9.47 Å². The lowest BCUT2D eigenvalue weighted by Crippen LogP contribution is -2.49. The van der Waals surface area contributed by atoms with E-state index in [1.165, 1.54) is 6.33 Å². The third-order valence-electron chi connectivity index (χ3n) is 5.10. The van der Waals surface area contributed by atoms with Gasteiger partial charge in [0, 0.05) is 49.2 Å². The van der Waals surface area contributed by atoms with E-state index in [0.29, 0.717) is 30.3 Å². The van der Waals surface area contributed by atoms with Crippen LogP contribution < -0.4 is 5.56 Å². The van der Waals surface area contributed by atoms with Crippen LogP contribution in [0, 0.1) is 5.92 Å². The molecule has 2 bridgehead atoms. The van der Waals surface area contributed by atoms with Crippen molar-refractivity contribution in [3.63, 3.8) is 0 Å². The van der Waals surface area contributed by atoms with Crippen molar-refractivity contribution in [1.29, 1.82) is 0 Å². The number of pyridine rings is 1. The summed E-state index contributed by atoms with van der Waals surface area (Å²) in [7, 11) is 0. The zero-order valence-corrected chi connectivity index (χ0v) is 14.9. The van der Waals surface area contributed by atoms with E-state index in [2.05, 4.69) is 9.97 Å². The van der Waals surface area contributed by atoms with Gasteiger partial charge in [-0.25, -0.2) is 9.97 Å². The van der Waals surface area contributed by atoms with Crippen LogP contribution in [0.1, 0.15) is 18.0 Å². The van der Waals surface area contributed by atoms with Gasteiger partial charge in [-0.1, -0.05) is 0 Å². The second-order valence-corrected chi connectivity index (χ2v) is 7.61. The fourth-order valence-electron chi connectivity index (χ4n) is 4.02. The van der Waals surface area contributed by atoms with Gasteiger partial charge in [0.05, 0.1) is 11.3 Å². The molecular weight excluding hydrogens is 336 g/mol. The van der Waals surface area contributed by atoms with Crippen molar-refractivity contribution >= 4 is 17.7 Å². The molecule has 1 amide bonds. The highest BCUT2D eigenvalue weighted by molar-refractivity contribution is 7.99. The Kier molecular flexibility index (Phi) is 4.33. The first kappa shape index (κ1) is 16.3. The van der Waals surface area contributed by atoms with Crippen LogP contribution in [-0.2, 0) is 11.3 Å². The first-order valence-corrected chi connectivity index (χ1v) is 9.82. The normalized spacial score (nSPS) is 21.7. The Hall–Kier alpha value is -2.15. The molecule has 1 saturated heterocycles. The summed E-state index contributed by atoms with van der Waals surface area (Å²) in [5.41, 5.74) is 2.45. The SMILES string of the molecule is CSCC(=O)N1CC2CC(C1)c1ccc(-c3cncnc3)c(=O)n1C2. The summed E-state index contributed by atoms with van der Waals surface area (Å²) in [4.78, 5) is 35.3. The van der Waals surface area contributed by atoms with Crippen LogP contribution in [0.4, 0.5) is 0 Å². The van der Waals surface area contributed by atoms with Crippen LogP contribution in [0.3, 0.4) is 0 Å².